The summed E-state index contributed by atoms with van der Waals surface area (Å²) in [5, 5.41) is 3.61. The van der Waals surface area contributed by atoms with E-state index in [9.17, 15) is 17.6 Å². The minimum atomic E-state index is -3.80. The number of nitrogens with zero attached hydrogens (tertiary/aromatic N) is 1. The fourth-order valence-electron chi connectivity index (χ4n) is 4.16. The molecule has 0 saturated heterocycles. The van der Waals surface area contributed by atoms with Crippen molar-refractivity contribution in [3.63, 3.8) is 0 Å². The van der Waals surface area contributed by atoms with Gasteiger partial charge >= 0.3 is 0 Å². The zero-order chi connectivity index (χ0) is 21.1. The van der Waals surface area contributed by atoms with Crippen LogP contribution < -0.4 is 5.32 Å². The number of nitrogens with one attached hydrogen (secondary N) is 1. The number of sulfone groups is 1. The topological polar surface area (TPSA) is 68.2 Å². The van der Waals surface area contributed by atoms with Crippen molar-refractivity contribution in [2.24, 2.45) is 0 Å². The number of hydrogen-bond acceptors (Lipinski definition) is 3. The van der Waals surface area contributed by atoms with Crippen molar-refractivity contribution in [1.82, 2.24) is 9.88 Å². The van der Waals surface area contributed by atoms with Gasteiger partial charge in [-0.15, -0.1) is 0 Å². The fourth-order valence-corrected chi connectivity index (χ4v) is 5.76. The predicted molar refractivity (Wildman–Crippen MR) is 114 cm³/mol. The monoisotopic (exact) mass is 428 g/mol. The second-order valence-electron chi connectivity index (χ2n) is 7.89. The molecule has 5 nitrogen and oxygen atoms in total. The number of halogens is 1. The van der Waals surface area contributed by atoms with Gasteiger partial charge in [0.05, 0.1) is 10.6 Å². The van der Waals surface area contributed by atoms with Gasteiger partial charge in [0.15, 0.2) is 9.84 Å². The molecule has 0 bridgehead atoms. The molecule has 4 rings (SSSR count). The summed E-state index contributed by atoms with van der Waals surface area (Å²) >= 11 is 0. The lowest BCUT2D eigenvalue weighted by atomic mass is 9.95. The van der Waals surface area contributed by atoms with Gasteiger partial charge in [-0.3, -0.25) is 4.79 Å². The van der Waals surface area contributed by atoms with E-state index in [0.717, 1.165) is 25.7 Å². The summed E-state index contributed by atoms with van der Waals surface area (Å²) in [6, 6.07) is 13.2. The van der Waals surface area contributed by atoms with Crippen LogP contribution in [0.2, 0.25) is 0 Å². The number of hydrogen-bond donors (Lipinski definition) is 1. The average molecular weight is 429 g/mol. The molecule has 1 saturated carbocycles. The van der Waals surface area contributed by atoms with Crippen molar-refractivity contribution in [2.75, 3.05) is 0 Å². The molecular weight excluding hydrogens is 403 g/mol. The summed E-state index contributed by atoms with van der Waals surface area (Å²) in [6.45, 7) is 0.0478. The molecule has 1 aromatic heterocycles. The molecular formula is C23H25FN2O3S. The number of amides is 1. The van der Waals surface area contributed by atoms with Gasteiger partial charge in [-0.25, -0.2) is 12.8 Å². The van der Waals surface area contributed by atoms with Gasteiger partial charge in [0.1, 0.15) is 12.4 Å². The van der Waals surface area contributed by atoms with Gasteiger partial charge in [0.25, 0.3) is 0 Å². The highest BCUT2D eigenvalue weighted by Crippen LogP contribution is 2.28. The summed E-state index contributed by atoms with van der Waals surface area (Å²) in [6.07, 6.45) is 6.92. The van der Waals surface area contributed by atoms with E-state index in [-0.39, 0.29) is 29.0 Å². The summed E-state index contributed by atoms with van der Waals surface area (Å²) in [4.78, 5) is 12.7. The molecule has 30 heavy (non-hydrogen) atoms. The van der Waals surface area contributed by atoms with E-state index >= 15 is 0 Å². The Morgan fingerprint density at radius 1 is 1.03 bits per heavy atom. The van der Waals surface area contributed by atoms with Crippen LogP contribution in [-0.4, -0.2) is 24.9 Å². The maximum Gasteiger partial charge on any atom is 0.240 e. The maximum atomic E-state index is 14.0. The number of benzene rings is 2. The molecule has 158 valence electrons. The van der Waals surface area contributed by atoms with Gasteiger partial charge in [-0.2, -0.15) is 0 Å². The summed E-state index contributed by atoms with van der Waals surface area (Å²) in [5.74, 6) is -1.10. The Kier molecular flexibility index (Phi) is 5.90. The van der Waals surface area contributed by atoms with Gasteiger partial charge in [0.2, 0.25) is 5.91 Å². The first-order valence-electron chi connectivity index (χ1n) is 10.3. The molecule has 0 atom stereocenters. The third-order valence-corrected chi connectivity index (χ3v) is 7.36. The number of para-hydroxylation sites is 1. The molecule has 2 aromatic carbocycles. The van der Waals surface area contributed by atoms with Gasteiger partial charge in [-0.1, -0.05) is 55.7 Å². The summed E-state index contributed by atoms with van der Waals surface area (Å²) in [7, 11) is -3.80. The second-order valence-corrected chi connectivity index (χ2v) is 9.85. The van der Waals surface area contributed by atoms with Crippen LogP contribution in [0.1, 0.15) is 37.7 Å². The molecule has 1 aliphatic rings. The minimum absolute atomic E-state index is 0.0478. The van der Waals surface area contributed by atoms with Crippen LogP contribution in [0, 0.1) is 5.82 Å². The summed E-state index contributed by atoms with van der Waals surface area (Å²) < 4.78 is 41.9. The number of aromatic nitrogens is 1. The van der Waals surface area contributed by atoms with E-state index in [1.807, 2.05) is 6.07 Å². The standard InChI is InChI=1S/C23H25FN2O3S/c24-20-12-6-4-8-17(20)16-30(28,29)22-14-26(21-13-7-5-11-19(21)22)15-23(27)25-18-9-2-1-3-10-18/h4-8,11-14,18H,1-3,9-10,15-16H2,(H,25,27). The lowest BCUT2D eigenvalue weighted by Crippen LogP contribution is -2.38. The average Bonchev–Trinajstić information content (AvgIpc) is 3.10. The largest absolute Gasteiger partial charge is 0.352 e. The molecule has 1 fully saturated rings. The van der Waals surface area contributed by atoms with Crippen LogP contribution in [0.15, 0.2) is 59.6 Å². The highest BCUT2D eigenvalue weighted by Gasteiger charge is 2.24. The zero-order valence-electron chi connectivity index (χ0n) is 16.7. The number of carbonyl (C=O) groups is 1. The third kappa shape index (κ3) is 4.41. The van der Waals surface area contributed by atoms with E-state index < -0.39 is 21.4 Å². The quantitative estimate of drug-likeness (QED) is 0.640. The van der Waals surface area contributed by atoms with Gasteiger partial charge in [0, 0.05) is 28.7 Å². The molecule has 0 unspecified atom stereocenters. The van der Waals surface area contributed by atoms with Crippen molar-refractivity contribution in [1.29, 1.82) is 0 Å². The Labute approximate surface area is 175 Å². The van der Waals surface area contributed by atoms with Crippen molar-refractivity contribution >= 4 is 26.6 Å². The molecule has 1 heterocycles. The fraction of sp³-hybridized carbons (Fsp3) is 0.348. The van der Waals surface area contributed by atoms with Crippen molar-refractivity contribution in [2.45, 2.75) is 55.3 Å². The van der Waals surface area contributed by atoms with Crippen molar-refractivity contribution in [3.8, 4) is 0 Å². The number of rotatable bonds is 6. The van der Waals surface area contributed by atoms with Crippen LogP contribution >= 0.6 is 0 Å². The lowest BCUT2D eigenvalue weighted by Gasteiger charge is -2.22. The van der Waals surface area contributed by atoms with E-state index in [1.165, 1.54) is 30.8 Å². The third-order valence-electron chi connectivity index (χ3n) is 5.67. The minimum Gasteiger partial charge on any atom is -0.352 e. The number of fused-ring (bicyclic) bond motifs is 1. The van der Waals surface area contributed by atoms with Gasteiger partial charge < -0.3 is 9.88 Å². The highest BCUT2D eigenvalue weighted by atomic mass is 32.2. The van der Waals surface area contributed by atoms with Crippen molar-refractivity contribution < 1.29 is 17.6 Å². The van der Waals surface area contributed by atoms with Gasteiger partial charge in [-0.05, 0) is 25.0 Å². The van der Waals surface area contributed by atoms with Crippen LogP contribution in [0.4, 0.5) is 4.39 Å². The van der Waals surface area contributed by atoms with Crippen LogP contribution in [0.3, 0.4) is 0 Å². The maximum absolute atomic E-state index is 14.0. The van der Waals surface area contributed by atoms with E-state index in [2.05, 4.69) is 5.32 Å². The molecule has 0 aliphatic heterocycles. The predicted octanol–water partition coefficient (Wildman–Crippen LogP) is 4.20. The first-order valence-corrected chi connectivity index (χ1v) is 11.9. The Morgan fingerprint density at radius 3 is 2.50 bits per heavy atom. The zero-order valence-corrected chi connectivity index (χ0v) is 17.5. The molecule has 0 spiro atoms. The Hall–Kier alpha value is -2.67. The number of carbonyl (C=O) groups excluding carboxylic acids is 1. The Bertz CT molecular complexity index is 1160. The normalized spacial score (nSPS) is 15.4. The van der Waals surface area contributed by atoms with E-state index in [4.69, 9.17) is 0 Å². The smallest absolute Gasteiger partial charge is 0.240 e. The van der Waals surface area contributed by atoms with E-state index in [0.29, 0.717) is 10.9 Å². The molecule has 1 aliphatic carbocycles. The molecule has 1 N–H and O–H groups in total. The summed E-state index contributed by atoms with van der Waals surface area (Å²) in [5.41, 5.74) is 0.799. The first kappa shape index (κ1) is 20.6. The van der Waals surface area contributed by atoms with Crippen LogP contribution in [0.25, 0.3) is 10.9 Å². The first-order chi connectivity index (χ1) is 14.4. The molecule has 3 aromatic rings. The lowest BCUT2D eigenvalue weighted by molar-refractivity contribution is -0.122. The van der Waals surface area contributed by atoms with Crippen LogP contribution in [0.5, 0.6) is 0 Å². The second kappa shape index (κ2) is 8.60. The molecule has 7 heteroatoms. The van der Waals surface area contributed by atoms with Crippen LogP contribution in [-0.2, 0) is 26.9 Å². The SMILES string of the molecule is O=C(Cn1cc(S(=O)(=O)Cc2ccccc2F)c2ccccc21)NC1CCCCC1. The van der Waals surface area contributed by atoms with E-state index in [1.54, 1.807) is 28.8 Å². The molecule has 1 amide bonds. The Morgan fingerprint density at radius 2 is 1.73 bits per heavy atom. The highest BCUT2D eigenvalue weighted by molar-refractivity contribution is 7.90. The Balaban J connectivity index is 1.62. The molecule has 0 radical (unpaired) electrons. The van der Waals surface area contributed by atoms with Crippen molar-refractivity contribution in [3.05, 3.63) is 66.1 Å².